The molecular formula is C21H25Cl2N3O3. The smallest absolute Gasteiger partial charge is 0.241 e. The lowest BCUT2D eigenvalue weighted by molar-refractivity contribution is -0.123. The molecule has 29 heavy (non-hydrogen) atoms. The van der Waals surface area contributed by atoms with Gasteiger partial charge in [-0.05, 0) is 50.2 Å². The maximum absolute atomic E-state index is 12.8. The van der Waals surface area contributed by atoms with Crippen molar-refractivity contribution in [2.24, 2.45) is 0 Å². The SMILES string of the molecule is CCN(CC(=O)Nc1c(Cl)cccc1Cl)C(C)C(=O)Nc1cc(C)ccc1OC. The van der Waals surface area contributed by atoms with Crippen molar-refractivity contribution in [3.05, 3.63) is 52.0 Å². The van der Waals surface area contributed by atoms with Gasteiger partial charge in [0.25, 0.3) is 0 Å². The lowest BCUT2D eigenvalue weighted by Gasteiger charge is -2.26. The average Bonchev–Trinajstić information content (AvgIpc) is 2.68. The summed E-state index contributed by atoms with van der Waals surface area (Å²) in [5.41, 5.74) is 1.95. The lowest BCUT2D eigenvalue weighted by atomic mass is 10.2. The van der Waals surface area contributed by atoms with Crippen LogP contribution in [0.2, 0.25) is 10.0 Å². The first-order chi connectivity index (χ1) is 13.8. The molecule has 0 aliphatic heterocycles. The van der Waals surface area contributed by atoms with E-state index in [0.717, 1.165) is 5.56 Å². The van der Waals surface area contributed by atoms with Crippen LogP contribution < -0.4 is 15.4 Å². The number of aryl methyl sites for hydroxylation is 1. The molecule has 156 valence electrons. The molecule has 2 aromatic rings. The summed E-state index contributed by atoms with van der Waals surface area (Å²) in [7, 11) is 1.55. The number of rotatable bonds is 8. The van der Waals surface area contributed by atoms with Crippen molar-refractivity contribution in [2.75, 3.05) is 30.8 Å². The molecule has 2 amide bonds. The Kier molecular flexibility index (Phi) is 8.32. The van der Waals surface area contributed by atoms with Gasteiger partial charge in [0, 0.05) is 0 Å². The number of hydrogen-bond donors (Lipinski definition) is 2. The van der Waals surface area contributed by atoms with Gasteiger partial charge in [0.15, 0.2) is 0 Å². The third-order valence-corrected chi connectivity index (χ3v) is 5.15. The van der Waals surface area contributed by atoms with Crippen LogP contribution in [0.1, 0.15) is 19.4 Å². The van der Waals surface area contributed by atoms with E-state index in [0.29, 0.717) is 33.7 Å². The minimum atomic E-state index is -0.544. The Hall–Kier alpha value is -2.28. The number of anilines is 2. The van der Waals surface area contributed by atoms with Gasteiger partial charge in [-0.2, -0.15) is 0 Å². The summed E-state index contributed by atoms with van der Waals surface area (Å²) in [6.07, 6.45) is 0. The minimum Gasteiger partial charge on any atom is -0.495 e. The Morgan fingerprint density at radius 3 is 2.38 bits per heavy atom. The van der Waals surface area contributed by atoms with E-state index in [1.165, 1.54) is 0 Å². The number of carbonyl (C=O) groups excluding carboxylic acids is 2. The zero-order chi connectivity index (χ0) is 21.6. The fraction of sp³-hybridized carbons (Fsp3) is 0.333. The highest BCUT2D eigenvalue weighted by Gasteiger charge is 2.23. The fourth-order valence-corrected chi connectivity index (χ4v) is 3.32. The average molecular weight is 438 g/mol. The molecule has 2 rings (SSSR count). The second-order valence-electron chi connectivity index (χ2n) is 6.58. The van der Waals surface area contributed by atoms with Crippen molar-refractivity contribution >= 4 is 46.4 Å². The van der Waals surface area contributed by atoms with E-state index in [2.05, 4.69) is 10.6 Å². The van der Waals surface area contributed by atoms with Gasteiger partial charge < -0.3 is 15.4 Å². The van der Waals surface area contributed by atoms with Crippen molar-refractivity contribution in [1.82, 2.24) is 4.90 Å². The molecule has 0 aromatic heterocycles. The molecule has 0 radical (unpaired) electrons. The molecule has 0 bridgehead atoms. The number of nitrogens with one attached hydrogen (secondary N) is 2. The Balaban J connectivity index is 2.06. The number of carbonyl (C=O) groups is 2. The minimum absolute atomic E-state index is 0.0115. The van der Waals surface area contributed by atoms with Gasteiger partial charge in [-0.15, -0.1) is 0 Å². The number of benzene rings is 2. The summed E-state index contributed by atoms with van der Waals surface area (Å²) in [6.45, 7) is 6.07. The number of nitrogens with zero attached hydrogens (tertiary/aromatic N) is 1. The van der Waals surface area contributed by atoms with Crippen LogP contribution in [0.25, 0.3) is 0 Å². The van der Waals surface area contributed by atoms with Crippen molar-refractivity contribution in [1.29, 1.82) is 0 Å². The molecule has 0 spiro atoms. The number of halogens is 2. The maximum atomic E-state index is 12.8. The van der Waals surface area contributed by atoms with Crippen LogP contribution in [-0.4, -0.2) is 43.0 Å². The number of methoxy groups -OCH3 is 1. The largest absolute Gasteiger partial charge is 0.495 e. The topological polar surface area (TPSA) is 70.7 Å². The lowest BCUT2D eigenvalue weighted by Crippen LogP contribution is -2.45. The third-order valence-electron chi connectivity index (χ3n) is 4.52. The number of para-hydroxylation sites is 1. The zero-order valence-corrected chi connectivity index (χ0v) is 18.4. The van der Waals surface area contributed by atoms with E-state index in [1.54, 1.807) is 43.2 Å². The van der Waals surface area contributed by atoms with E-state index in [9.17, 15) is 9.59 Å². The summed E-state index contributed by atoms with van der Waals surface area (Å²) in [4.78, 5) is 27.0. The van der Waals surface area contributed by atoms with E-state index in [4.69, 9.17) is 27.9 Å². The maximum Gasteiger partial charge on any atom is 0.241 e. The highest BCUT2D eigenvalue weighted by molar-refractivity contribution is 6.39. The molecule has 8 heteroatoms. The number of ether oxygens (including phenoxy) is 1. The standard InChI is InChI=1S/C21H25Cl2N3O3/c1-5-26(12-19(27)25-20-15(22)7-6-8-16(20)23)14(3)21(28)24-17-11-13(2)9-10-18(17)29-4/h6-11,14H,5,12H2,1-4H3,(H,24,28)(H,25,27). The molecule has 1 atom stereocenters. The molecule has 1 unspecified atom stereocenters. The summed E-state index contributed by atoms with van der Waals surface area (Å²) in [5.74, 6) is 0.0271. The summed E-state index contributed by atoms with van der Waals surface area (Å²) in [6, 6.07) is 9.99. The number of amides is 2. The van der Waals surface area contributed by atoms with Crippen LogP contribution in [0.15, 0.2) is 36.4 Å². The second kappa shape index (κ2) is 10.5. The first-order valence-corrected chi connectivity index (χ1v) is 9.95. The Morgan fingerprint density at radius 1 is 1.14 bits per heavy atom. The van der Waals surface area contributed by atoms with Crippen LogP contribution in [0.4, 0.5) is 11.4 Å². The van der Waals surface area contributed by atoms with E-state index in [1.807, 2.05) is 26.0 Å². The summed E-state index contributed by atoms with van der Waals surface area (Å²) >= 11 is 12.2. The van der Waals surface area contributed by atoms with Crippen molar-refractivity contribution in [3.63, 3.8) is 0 Å². The number of likely N-dealkylation sites (N-methyl/N-ethyl adjacent to an activating group) is 1. The molecule has 2 aromatic carbocycles. The molecule has 0 fully saturated rings. The summed E-state index contributed by atoms with van der Waals surface area (Å²) < 4.78 is 5.30. The van der Waals surface area contributed by atoms with Crippen LogP contribution in [0.5, 0.6) is 5.75 Å². The zero-order valence-electron chi connectivity index (χ0n) is 16.9. The molecule has 0 aliphatic carbocycles. The van der Waals surface area contributed by atoms with Crippen molar-refractivity contribution in [2.45, 2.75) is 26.8 Å². The molecular weight excluding hydrogens is 413 g/mol. The number of hydrogen-bond acceptors (Lipinski definition) is 4. The highest BCUT2D eigenvalue weighted by atomic mass is 35.5. The molecule has 0 saturated heterocycles. The van der Waals surface area contributed by atoms with Gasteiger partial charge in [0.2, 0.25) is 11.8 Å². The fourth-order valence-electron chi connectivity index (χ4n) is 2.83. The first kappa shape index (κ1) is 23.0. The monoisotopic (exact) mass is 437 g/mol. The summed E-state index contributed by atoms with van der Waals surface area (Å²) in [5, 5.41) is 6.30. The third kappa shape index (κ3) is 6.10. The van der Waals surface area contributed by atoms with Crippen molar-refractivity contribution in [3.8, 4) is 5.75 Å². The normalized spacial score (nSPS) is 11.8. The van der Waals surface area contributed by atoms with E-state index in [-0.39, 0.29) is 18.4 Å². The molecule has 2 N–H and O–H groups in total. The molecule has 0 saturated carbocycles. The van der Waals surface area contributed by atoms with Crippen LogP contribution in [0, 0.1) is 6.92 Å². The van der Waals surface area contributed by atoms with Crippen LogP contribution in [0.3, 0.4) is 0 Å². The van der Waals surface area contributed by atoms with Gasteiger partial charge in [-0.25, -0.2) is 0 Å². The Bertz CT molecular complexity index is 869. The van der Waals surface area contributed by atoms with Crippen LogP contribution >= 0.6 is 23.2 Å². The Morgan fingerprint density at radius 2 is 1.79 bits per heavy atom. The molecule has 6 nitrogen and oxygen atoms in total. The van der Waals surface area contributed by atoms with Gasteiger partial charge in [-0.3, -0.25) is 14.5 Å². The second-order valence-corrected chi connectivity index (χ2v) is 7.39. The molecule has 0 aliphatic rings. The van der Waals surface area contributed by atoms with E-state index < -0.39 is 6.04 Å². The first-order valence-electron chi connectivity index (χ1n) is 9.20. The predicted octanol–water partition coefficient (Wildman–Crippen LogP) is 4.60. The van der Waals surface area contributed by atoms with Crippen LogP contribution in [-0.2, 0) is 9.59 Å². The van der Waals surface area contributed by atoms with Gasteiger partial charge in [0.1, 0.15) is 5.75 Å². The van der Waals surface area contributed by atoms with Gasteiger partial charge in [0.05, 0.1) is 41.1 Å². The predicted molar refractivity (Wildman–Crippen MR) is 118 cm³/mol. The van der Waals surface area contributed by atoms with Gasteiger partial charge >= 0.3 is 0 Å². The quantitative estimate of drug-likeness (QED) is 0.632. The highest BCUT2D eigenvalue weighted by Crippen LogP contribution is 2.30. The van der Waals surface area contributed by atoms with E-state index >= 15 is 0 Å². The van der Waals surface area contributed by atoms with Gasteiger partial charge in [-0.1, -0.05) is 42.3 Å². The molecule has 0 heterocycles. The Labute approximate surface area is 181 Å². The van der Waals surface area contributed by atoms with Crippen molar-refractivity contribution < 1.29 is 14.3 Å².